The number of nitrogens with zero attached hydrogens (tertiary/aromatic N) is 4. The molecular weight excluding hydrogens is 568 g/mol. The van der Waals surface area contributed by atoms with Crippen molar-refractivity contribution in [3.05, 3.63) is 138 Å². The van der Waals surface area contributed by atoms with Gasteiger partial charge in [-0.25, -0.2) is 14.8 Å². The Morgan fingerprint density at radius 1 is 0.864 bits per heavy atom. The topological polar surface area (TPSA) is 82.2 Å². The van der Waals surface area contributed by atoms with E-state index in [1.54, 1.807) is 36.8 Å². The van der Waals surface area contributed by atoms with Crippen molar-refractivity contribution in [3.8, 4) is 29.4 Å². The molecule has 0 saturated heterocycles. The molecule has 2 heterocycles. The van der Waals surface area contributed by atoms with Crippen LogP contribution < -0.4 is 4.74 Å². The lowest BCUT2D eigenvalue weighted by molar-refractivity contribution is -0.139. The second-order valence-electron chi connectivity index (χ2n) is 9.77. The van der Waals surface area contributed by atoms with Gasteiger partial charge < -0.3 is 19.0 Å². The third-order valence-electron chi connectivity index (χ3n) is 6.53. The van der Waals surface area contributed by atoms with E-state index in [1.807, 2.05) is 70.9 Å². The van der Waals surface area contributed by atoms with Gasteiger partial charge in [-0.1, -0.05) is 54.0 Å². The summed E-state index contributed by atoms with van der Waals surface area (Å²) in [6.07, 6.45) is 13.0. The zero-order valence-corrected chi connectivity index (χ0v) is 25.0. The molecular formula is C36H30N4O3S. The van der Waals surface area contributed by atoms with Gasteiger partial charge in [0, 0.05) is 46.6 Å². The molecule has 0 spiro atoms. The second kappa shape index (κ2) is 15.2. The lowest BCUT2D eigenvalue weighted by Crippen LogP contribution is -2.09. The molecule has 44 heavy (non-hydrogen) atoms. The van der Waals surface area contributed by atoms with E-state index in [0.29, 0.717) is 18.8 Å². The lowest BCUT2D eigenvalue weighted by Gasteiger charge is -2.11. The number of carbonyl (C=O) groups is 1. The van der Waals surface area contributed by atoms with Crippen LogP contribution in [-0.2, 0) is 17.9 Å². The van der Waals surface area contributed by atoms with Gasteiger partial charge in [-0.05, 0) is 71.7 Å². The molecule has 1 N–H and O–H groups in total. The molecule has 0 unspecified atom stereocenters. The summed E-state index contributed by atoms with van der Waals surface area (Å²) in [6, 6.07) is 22.4. The standard InChI is InChI=1S/C36H30N4O3S/c1-28-24-33(14-15-35(28)43-25-36(41)42)44-23-16-34(31-10-6-29(7-11-31)4-2-19-39-21-17-37-26-39)32-12-8-30(9-13-32)5-3-20-40-22-18-38-27-40/h6-18,21-22,24,26-27H,19-20,23,25H2,1H3,(H,41,42). The third-order valence-corrected chi connectivity index (χ3v) is 7.45. The van der Waals surface area contributed by atoms with Gasteiger partial charge >= 0.3 is 5.97 Å². The Morgan fingerprint density at radius 2 is 1.43 bits per heavy atom. The van der Waals surface area contributed by atoms with E-state index >= 15 is 0 Å². The van der Waals surface area contributed by atoms with Crippen molar-refractivity contribution in [3.63, 3.8) is 0 Å². The van der Waals surface area contributed by atoms with Gasteiger partial charge in [-0.3, -0.25) is 0 Å². The number of aliphatic carboxylic acids is 1. The van der Waals surface area contributed by atoms with E-state index in [4.69, 9.17) is 9.84 Å². The molecule has 0 saturated carbocycles. The summed E-state index contributed by atoms with van der Waals surface area (Å²) in [5.74, 6) is 13.2. The van der Waals surface area contributed by atoms with Crippen molar-refractivity contribution in [2.75, 3.05) is 12.4 Å². The first kappa shape index (κ1) is 30.0. The van der Waals surface area contributed by atoms with Crippen molar-refractivity contribution in [2.24, 2.45) is 0 Å². The molecule has 2 aromatic heterocycles. The number of ether oxygens (including phenoxy) is 1. The number of carboxylic acids is 1. The first-order valence-electron chi connectivity index (χ1n) is 13.9. The highest BCUT2D eigenvalue weighted by atomic mass is 32.2. The maximum atomic E-state index is 10.9. The van der Waals surface area contributed by atoms with Crippen LogP contribution in [0.1, 0.15) is 27.8 Å². The Kier molecular flexibility index (Phi) is 10.3. The quantitative estimate of drug-likeness (QED) is 0.153. The molecule has 7 nitrogen and oxygen atoms in total. The predicted octanol–water partition coefficient (Wildman–Crippen LogP) is 6.18. The Labute approximate surface area is 261 Å². The van der Waals surface area contributed by atoms with Gasteiger partial charge in [-0.2, -0.15) is 0 Å². The van der Waals surface area contributed by atoms with Gasteiger partial charge in [0.15, 0.2) is 6.61 Å². The monoisotopic (exact) mass is 598 g/mol. The zero-order valence-electron chi connectivity index (χ0n) is 24.2. The SMILES string of the molecule is Cc1cc(SCC=C(c2ccc(C#CCn3ccnc3)cc2)c2ccc(C#CCn3ccnc3)cc2)ccc1OCC(=O)O. The molecule has 0 atom stereocenters. The largest absolute Gasteiger partial charge is 0.482 e. The Bertz CT molecular complexity index is 1740. The molecule has 218 valence electrons. The van der Waals surface area contributed by atoms with Gasteiger partial charge in [0.05, 0.1) is 25.7 Å². The lowest BCUT2D eigenvalue weighted by atomic mass is 9.96. The highest BCUT2D eigenvalue weighted by molar-refractivity contribution is 7.99. The predicted molar refractivity (Wildman–Crippen MR) is 173 cm³/mol. The highest BCUT2D eigenvalue weighted by Crippen LogP contribution is 2.29. The minimum absolute atomic E-state index is 0.358. The summed E-state index contributed by atoms with van der Waals surface area (Å²) in [5, 5.41) is 8.90. The fourth-order valence-electron chi connectivity index (χ4n) is 4.33. The molecule has 0 aliphatic heterocycles. The van der Waals surface area contributed by atoms with Crippen LogP contribution in [0.15, 0.2) is 115 Å². The normalized spacial score (nSPS) is 10.2. The average molecular weight is 599 g/mol. The van der Waals surface area contributed by atoms with Crippen LogP contribution in [0.3, 0.4) is 0 Å². The smallest absolute Gasteiger partial charge is 0.341 e. The van der Waals surface area contributed by atoms with Crippen molar-refractivity contribution in [1.29, 1.82) is 0 Å². The van der Waals surface area contributed by atoms with Crippen molar-refractivity contribution in [2.45, 2.75) is 24.9 Å². The van der Waals surface area contributed by atoms with E-state index in [-0.39, 0.29) is 6.61 Å². The molecule has 0 amide bonds. The molecule has 0 fully saturated rings. The number of benzene rings is 3. The number of rotatable bonds is 10. The number of aromatic nitrogens is 4. The Hall–Kier alpha value is -5.44. The van der Waals surface area contributed by atoms with Crippen LogP contribution in [0.5, 0.6) is 5.75 Å². The average Bonchev–Trinajstić information content (AvgIpc) is 3.75. The summed E-state index contributed by atoms with van der Waals surface area (Å²) in [6.45, 7) is 2.74. The molecule has 5 rings (SSSR count). The summed E-state index contributed by atoms with van der Waals surface area (Å²) < 4.78 is 9.24. The molecule has 0 bridgehead atoms. The first-order chi connectivity index (χ1) is 21.5. The van der Waals surface area contributed by atoms with Gasteiger partial charge in [0.2, 0.25) is 0 Å². The van der Waals surface area contributed by atoms with E-state index in [0.717, 1.165) is 44.0 Å². The van der Waals surface area contributed by atoms with Crippen molar-refractivity contribution < 1.29 is 14.6 Å². The highest BCUT2D eigenvalue weighted by Gasteiger charge is 2.08. The number of carboxylic acid groups (broad SMARTS) is 1. The van der Waals surface area contributed by atoms with Crippen LogP contribution >= 0.6 is 11.8 Å². The van der Waals surface area contributed by atoms with Crippen LogP contribution in [0.2, 0.25) is 0 Å². The molecule has 3 aromatic carbocycles. The maximum Gasteiger partial charge on any atom is 0.341 e. The van der Waals surface area contributed by atoms with Crippen molar-refractivity contribution in [1.82, 2.24) is 19.1 Å². The zero-order chi connectivity index (χ0) is 30.6. The Morgan fingerprint density at radius 3 is 1.91 bits per heavy atom. The fourth-order valence-corrected chi connectivity index (χ4v) is 5.20. The van der Waals surface area contributed by atoms with Gasteiger partial charge in [0.1, 0.15) is 5.75 Å². The van der Waals surface area contributed by atoms with Gasteiger partial charge in [0.25, 0.3) is 0 Å². The summed E-state index contributed by atoms with van der Waals surface area (Å²) >= 11 is 1.70. The van der Waals surface area contributed by atoms with Crippen molar-refractivity contribution >= 4 is 23.3 Å². The molecule has 0 aliphatic rings. The molecule has 0 aliphatic carbocycles. The van der Waals surface area contributed by atoms with Crippen LogP contribution in [0.25, 0.3) is 5.57 Å². The second-order valence-corrected chi connectivity index (χ2v) is 10.9. The minimum Gasteiger partial charge on any atom is -0.482 e. The van der Waals surface area contributed by atoms with Gasteiger partial charge in [-0.15, -0.1) is 11.8 Å². The number of imidazole rings is 2. The van der Waals surface area contributed by atoms with Crippen LogP contribution in [-0.4, -0.2) is 42.5 Å². The Balaban J connectivity index is 1.33. The number of hydrogen-bond donors (Lipinski definition) is 1. The number of aryl methyl sites for hydroxylation is 1. The molecule has 8 heteroatoms. The van der Waals surface area contributed by atoms with Crippen LogP contribution in [0, 0.1) is 30.6 Å². The maximum absolute atomic E-state index is 10.9. The minimum atomic E-state index is -0.996. The number of hydrogen-bond acceptors (Lipinski definition) is 5. The summed E-state index contributed by atoms with van der Waals surface area (Å²) in [7, 11) is 0. The van der Waals surface area contributed by atoms with E-state index in [9.17, 15) is 4.79 Å². The fraction of sp³-hybridized carbons (Fsp3) is 0.139. The van der Waals surface area contributed by atoms with E-state index in [2.05, 4.69) is 64.0 Å². The number of thioether (sulfide) groups is 1. The van der Waals surface area contributed by atoms with Crippen LogP contribution in [0.4, 0.5) is 0 Å². The molecule has 0 radical (unpaired) electrons. The van der Waals surface area contributed by atoms with E-state index in [1.165, 1.54) is 0 Å². The third kappa shape index (κ3) is 8.78. The molecule has 5 aromatic rings. The summed E-state index contributed by atoms with van der Waals surface area (Å²) in [4.78, 5) is 20.0. The summed E-state index contributed by atoms with van der Waals surface area (Å²) in [5.41, 5.74) is 6.11. The first-order valence-corrected chi connectivity index (χ1v) is 14.9. The van der Waals surface area contributed by atoms with E-state index < -0.39 is 5.97 Å².